The summed E-state index contributed by atoms with van der Waals surface area (Å²) in [6, 6.07) is 7.51. The molecule has 0 spiro atoms. The molecule has 0 saturated heterocycles. The van der Waals surface area contributed by atoms with E-state index in [0.717, 1.165) is 5.56 Å². The Bertz CT molecular complexity index is 549. The molecular formula is C17H25ClN2O4. The van der Waals surface area contributed by atoms with Gasteiger partial charge in [-0.2, -0.15) is 0 Å². The van der Waals surface area contributed by atoms with Crippen LogP contribution in [0.2, 0.25) is 0 Å². The lowest BCUT2D eigenvalue weighted by Gasteiger charge is -2.17. The normalized spacial score (nSPS) is 12.8. The zero-order chi connectivity index (χ0) is 17.4. The molecule has 24 heavy (non-hydrogen) atoms. The number of carboxylic acids is 1. The second-order valence-electron chi connectivity index (χ2n) is 6.03. The molecule has 1 aromatic carbocycles. The molecule has 7 heteroatoms. The average Bonchev–Trinajstić information content (AvgIpc) is 2.46. The number of halogens is 1. The molecule has 1 rings (SSSR count). The monoisotopic (exact) mass is 356 g/mol. The van der Waals surface area contributed by atoms with Crippen LogP contribution in [-0.4, -0.2) is 34.8 Å². The zero-order valence-electron chi connectivity index (χ0n) is 13.9. The Hall–Kier alpha value is -1.92. The fourth-order valence-corrected chi connectivity index (χ4v) is 2.21. The van der Waals surface area contributed by atoms with Crippen molar-refractivity contribution in [1.82, 2.24) is 5.32 Å². The predicted molar refractivity (Wildman–Crippen MR) is 94.0 cm³/mol. The highest BCUT2D eigenvalue weighted by Crippen LogP contribution is 2.07. The minimum Gasteiger partial charge on any atom is -0.480 e. The van der Waals surface area contributed by atoms with Crippen LogP contribution in [0.5, 0.6) is 0 Å². The predicted octanol–water partition coefficient (Wildman–Crippen LogP) is 1.55. The van der Waals surface area contributed by atoms with Gasteiger partial charge in [-0.3, -0.25) is 9.59 Å². The number of nitrogens with one attached hydrogen (secondary N) is 1. The molecular weight excluding hydrogens is 332 g/mol. The highest BCUT2D eigenvalue weighted by Gasteiger charge is 2.24. The van der Waals surface area contributed by atoms with E-state index >= 15 is 0 Å². The zero-order valence-corrected chi connectivity index (χ0v) is 14.7. The number of rotatable bonds is 9. The van der Waals surface area contributed by atoms with Gasteiger partial charge in [-0.1, -0.05) is 44.2 Å². The number of Topliss-reactive ketones (excluding diaryl/α,β-unsaturated/α-hetero) is 1. The molecule has 0 saturated carbocycles. The molecule has 2 atom stereocenters. The van der Waals surface area contributed by atoms with E-state index in [0.29, 0.717) is 12.8 Å². The Morgan fingerprint density at radius 2 is 1.75 bits per heavy atom. The van der Waals surface area contributed by atoms with Gasteiger partial charge in [0.05, 0.1) is 12.5 Å². The average molecular weight is 357 g/mol. The van der Waals surface area contributed by atoms with Crippen molar-refractivity contribution in [3.05, 3.63) is 35.9 Å². The number of hydrogen-bond acceptors (Lipinski definition) is 4. The third-order valence-electron chi connectivity index (χ3n) is 3.39. The van der Waals surface area contributed by atoms with Crippen molar-refractivity contribution in [2.45, 2.75) is 45.2 Å². The van der Waals surface area contributed by atoms with E-state index in [4.69, 9.17) is 10.8 Å². The topological polar surface area (TPSA) is 109 Å². The first-order valence-corrected chi connectivity index (χ1v) is 7.64. The van der Waals surface area contributed by atoms with Gasteiger partial charge in [0.25, 0.3) is 0 Å². The molecule has 0 aromatic heterocycles. The summed E-state index contributed by atoms with van der Waals surface area (Å²) >= 11 is 0. The molecule has 4 N–H and O–H groups in total. The Balaban J connectivity index is 0.00000529. The lowest BCUT2D eigenvalue weighted by atomic mass is 10.0. The lowest BCUT2D eigenvalue weighted by molar-refractivity contribution is -0.143. The quantitative estimate of drug-likeness (QED) is 0.581. The summed E-state index contributed by atoms with van der Waals surface area (Å²) in [7, 11) is 0. The maximum absolute atomic E-state index is 12.0. The van der Waals surface area contributed by atoms with E-state index < -0.39 is 36.2 Å². The van der Waals surface area contributed by atoms with Gasteiger partial charge in [0.15, 0.2) is 5.78 Å². The number of ketones is 1. The second kappa shape index (κ2) is 10.8. The Labute approximate surface area is 148 Å². The van der Waals surface area contributed by atoms with Crippen molar-refractivity contribution in [3.8, 4) is 0 Å². The number of carbonyl (C=O) groups excluding carboxylic acids is 2. The Morgan fingerprint density at radius 3 is 2.25 bits per heavy atom. The molecule has 0 fully saturated rings. The van der Waals surface area contributed by atoms with Crippen LogP contribution in [0.1, 0.15) is 32.3 Å². The minimum atomic E-state index is -1.10. The summed E-state index contributed by atoms with van der Waals surface area (Å²) in [5, 5.41) is 11.5. The van der Waals surface area contributed by atoms with Crippen molar-refractivity contribution in [2.24, 2.45) is 11.7 Å². The van der Waals surface area contributed by atoms with Crippen LogP contribution in [0.25, 0.3) is 0 Å². The summed E-state index contributed by atoms with van der Waals surface area (Å²) in [6.45, 7) is 3.73. The van der Waals surface area contributed by atoms with Crippen molar-refractivity contribution in [3.63, 3.8) is 0 Å². The maximum atomic E-state index is 12.0. The van der Waals surface area contributed by atoms with Gasteiger partial charge in [0.2, 0.25) is 5.91 Å². The molecule has 1 aromatic rings. The van der Waals surface area contributed by atoms with Gasteiger partial charge in [-0.05, 0) is 24.3 Å². The van der Waals surface area contributed by atoms with Crippen molar-refractivity contribution in [2.75, 3.05) is 0 Å². The van der Waals surface area contributed by atoms with Crippen molar-refractivity contribution in [1.29, 1.82) is 0 Å². The third-order valence-corrected chi connectivity index (χ3v) is 3.39. The summed E-state index contributed by atoms with van der Waals surface area (Å²) in [5.41, 5.74) is 6.74. The van der Waals surface area contributed by atoms with Crippen LogP contribution in [-0.2, 0) is 20.8 Å². The molecule has 0 bridgehead atoms. The van der Waals surface area contributed by atoms with Gasteiger partial charge in [0.1, 0.15) is 6.04 Å². The first kappa shape index (κ1) is 22.1. The smallest absolute Gasteiger partial charge is 0.326 e. The number of hydrogen-bond donors (Lipinski definition) is 3. The second-order valence-corrected chi connectivity index (χ2v) is 6.03. The van der Waals surface area contributed by atoms with E-state index in [2.05, 4.69) is 5.32 Å². The van der Waals surface area contributed by atoms with Crippen molar-refractivity contribution >= 4 is 30.1 Å². The highest BCUT2D eigenvalue weighted by atomic mass is 35.5. The van der Waals surface area contributed by atoms with Crippen LogP contribution in [0, 0.1) is 5.92 Å². The van der Waals surface area contributed by atoms with Gasteiger partial charge in [-0.25, -0.2) is 4.79 Å². The van der Waals surface area contributed by atoms with Gasteiger partial charge in [-0.15, -0.1) is 12.4 Å². The summed E-state index contributed by atoms with van der Waals surface area (Å²) < 4.78 is 0. The molecule has 134 valence electrons. The van der Waals surface area contributed by atoms with E-state index in [-0.39, 0.29) is 18.3 Å². The molecule has 0 aliphatic heterocycles. The number of carboxylic acid groups (broad SMARTS) is 1. The fourth-order valence-electron chi connectivity index (χ4n) is 2.21. The van der Waals surface area contributed by atoms with Gasteiger partial charge < -0.3 is 16.2 Å². The van der Waals surface area contributed by atoms with Crippen LogP contribution >= 0.6 is 12.4 Å². The lowest BCUT2D eigenvalue weighted by Crippen LogP contribution is -2.44. The molecule has 1 amide bonds. The number of benzene rings is 1. The molecule has 0 aliphatic rings. The van der Waals surface area contributed by atoms with E-state index in [1.165, 1.54) is 0 Å². The van der Waals surface area contributed by atoms with E-state index in [1.54, 1.807) is 0 Å². The van der Waals surface area contributed by atoms with Gasteiger partial charge >= 0.3 is 5.97 Å². The molecule has 0 heterocycles. The third kappa shape index (κ3) is 8.08. The molecule has 0 aliphatic carbocycles. The summed E-state index contributed by atoms with van der Waals surface area (Å²) in [5.74, 6) is -1.99. The van der Waals surface area contributed by atoms with Gasteiger partial charge in [0, 0.05) is 0 Å². The first-order valence-electron chi connectivity index (χ1n) is 7.64. The van der Waals surface area contributed by atoms with Crippen LogP contribution in [0.15, 0.2) is 30.3 Å². The summed E-state index contributed by atoms with van der Waals surface area (Å²) in [6.07, 6.45) is 0.252. The summed E-state index contributed by atoms with van der Waals surface area (Å²) in [4.78, 5) is 35.0. The fraction of sp³-hybridized carbons (Fsp3) is 0.471. The number of carbonyl (C=O) groups is 3. The SMILES string of the molecule is CC(C)C[C@H](NC(=O)CC(=O)[C@H](N)Cc1ccccc1)C(=O)O.Cl. The standard InChI is InChI=1S/C17H24N2O4.ClH/c1-11(2)8-14(17(22)23)19-16(21)10-15(20)13(18)9-12-6-4-3-5-7-12;/h3-7,11,13-14H,8-10,18H2,1-2H3,(H,19,21)(H,22,23);1H/t13-,14+;/m1./s1. The van der Waals surface area contributed by atoms with Crippen LogP contribution < -0.4 is 11.1 Å². The number of nitrogens with two attached hydrogens (primary N) is 1. The van der Waals surface area contributed by atoms with Crippen LogP contribution in [0.3, 0.4) is 0 Å². The molecule has 0 unspecified atom stereocenters. The van der Waals surface area contributed by atoms with Crippen LogP contribution in [0.4, 0.5) is 0 Å². The van der Waals surface area contributed by atoms with E-state index in [1.807, 2.05) is 44.2 Å². The molecule has 6 nitrogen and oxygen atoms in total. The Kier molecular flexibility index (Phi) is 9.92. The largest absolute Gasteiger partial charge is 0.480 e. The number of amides is 1. The first-order chi connectivity index (χ1) is 10.8. The van der Waals surface area contributed by atoms with E-state index in [9.17, 15) is 14.4 Å². The highest BCUT2D eigenvalue weighted by molar-refractivity contribution is 6.01. The maximum Gasteiger partial charge on any atom is 0.326 e. The number of aliphatic carboxylic acids is 1. The van der Waals surface area contributed by atoms with Crippen molar-refractivity contribution < 1.29 is 19.5 Å². The molecule has 0 radical (unpaired) electrons. The Morgan fingerprint density at radius 1 is 1.17 bits per heavy atom. The minimum absolute atomic E-state index is 0.